The highest BCUT2D eigenvalue weighted by atomic mass is 35.5. The summed E-state index contributed by atoms with van der Waals surface area (Å²) >= 11 is 0. The quantitative estimate of drug-likeness (QED) is 0.665. The van der Waals surface area contributed by atoms with Gasteiger partial charge in [-0.25, -0.2) is 4.79 Å². The molecule has 12 heavy (non-hydrogen) atoms. The van der Waals surface area contributed by atoms with Crippen molar-refractivity contribution in [3.63, 3.8) is 0 Å². The third-order valence-corrected chi connectivity index (χ3v) is 1.49. The van der Waals surface area contributed by atoms with Crippen LogP contribution in [0, 0.1) is 6.54 Å². The topological polar surface area (TPSA) is 41.6 Å². The first-order valence-electron chi connectivity index (χ1n) is 3.82. The van der Waals surface area contributed by atoms with Crippen molar-refractivity contribution in [3.8, 4) is 0 Å². The highest BCUT2D eigenvalue weighted by Crippen LogP contribution is 1.99. The number of amides is 1. The van der Waals surface area contributed by atoms with Gasteiger partial charge in [0.25, 0.3) is 0 Å². The Morgan fingerprint density at radius 1 is 1.75 bits per heavy atom. The van der Waals surface area contributed by atoms with Crippen LogP contribution in [0.1, 0.15) is 6.92 Å². The monoisotopic (exact) mass is 193 g/mol. The molecule has 1 heterocycles. The molecular formula is C7H14ClN2O2. The zero-order chi connectivity index (χ0) is 8.10. The first-order chi connectivity index (χ1) is 5.34. The lowest BCUT2D eigenvalue weighted by atomic mass is 10.4. The predicted molar refractivity (Wildman–Crippen MR) is 48.1 cm³/mol. The van der Waals surface area contributed by atoms with Gasteiger partial charge in [0.1, 0.15) is 0 Å². The van der Waals surface area contributed by atoms with E-state index in [4.69, 9.17) is 4.74 Å². The van der Waals surface area contributed by atoms with Crippen molar-refractivity contribution in [2.24, 2.45) is 0 Å². The molecule has 0 aliphatic carbocycles. The number of hydrogen-bond donors (Lipinski definition) is 1. The molecule has 0 saturated carbocycles. The van der Waals surface area contributed by atoms with Crippen molar-refractivity contribution in [2.45, 2.75) is 6.92 Å². The Kier molecular flexibility index (Phi) is 5.84. The Morgan fingerprint density at radius 3 is 3.00 bits per heavy atom. The molecule has 0 aromatic heterocycles. The van der Waals surface area contributed by atoms with E-state index in [1.807, 2.05) is 6.54 Å². The lowest BCUT2D eigenvalue weighted by molar-refractivity contribution is 0.113. The zero-order valence-corrected chi connectivity index (χ0v) is 7.89. The predicted octanol–water partition coefficient (Wildman–Crippen LogP) is 0.632. The molecule has 1 amide bonds. The van der Waals surface area contributed by atoms with E-state index in [2.05, 4.69) is 5.32 Å². The molecule has 71 valence electrons. The molecule has 0 atom stereocenters. The SMILES string of the molecule is CCOC(=O)N1[CH]CNCC1.Cl. The fourth-order valence-corrected chi connectivity index (χ4v) is 0.940. The third-order valence-electron chi connectivity index (χ3n) is 1.49. The van der Waals surface area contributed by atoms with Crippen molar-refractivity contribution in [1.29, 1.82) is 0 Å². The van der Waals surface area contributed by atoms with Gasteiger partial charge >= 0.3 is 6.09 Å². The Labute approximate surface area is 78.7 Å². The molecule has 1 fully saturated rings. The molecule has 0 unspecified atom stereocenters. The molecule has 1 saturated heterocycles. The van der Waals surface area contributed by atoms with Gasteiger partial charge in [-0.05, 0) is 6.92 Å². The lowest BCUT2D eigenvalue weighted by Crippen LogP contribution is -2.43. The van der Waals surface area contributed by atoms with Crippen LogP contribution >= 0.6 is 12.4 Å². The number of hydrogen-bond acceptors (Lipinski definition) is 3. The van der Waals surface area contributed by atoms with E-state index >= 15 is 0 Å². The van der Waals surface area contributed by atoms with Crippen LogP contribution < -0.4 is 5.32 Å². The van der Waals surface area contributed by atoms with Gasteiger partial charge in [-0.15, -0.1) is 12.4 Å². The second-order valence-electron chi connectivity index (χ2n) is 2.28. The van der Waals surface area contributed by atoms with E-state index < -0.39 is 0 Å². The smallest absolute Gasteiger partial charge is 0.410 e. The zero-order valence-electron chi connectivity index (χ0n) is 7.08. The molecule has 1 rings (SSSR count). The number of ether oxygens (including phenoxy) is 1. The van der Waals surface area contributed by atoms with E-state index in [-0.39, 0.29) is 18.5 Å². The van der Waals surface area contributed by atoms with Gasteiger partial charge in [-0.1, -0.05) is 0 Å². The van der Waals surface area contributed by atoms with Crippen molar-refractivity contribution in [2.75, 3.05) is 26.2 Å². The van der Waals surface area contributed by atoms with Crippen LogP contribution in [0.4, 0.5) is 4.79 Å². The first kappa shape index (κ1) is 11.5. The summed E-state index contributed by atoms with van der Waals surface area (Å²) in [6, 6.07) is 0. The van der Waals surface area contributed by atoms with Crippen LogP contribution in [0.2, 0.25) is 0 Å². The summed E-state index contributed by atoms with van der Waals surface area (Å²) in [7, 11) is 0. The first-order valence-corrected chi connectivity index (χ1v) is 3.82. The van der Waals surface area contributed by atoms with Crippen molar-refractivity contribution >= 4 is 18.5 Å². The number of carbonyl (C=O) groups excluding carboxylic acids is 1. The number of rotatable bonds is 1. The van der Waals surface area contributed by atoms with Crippen LogP contribution in [0.3, 0.4) is 0 Å². The molecule has 0 bridgehead atoms. The Bertz CT molecular complexity index is 137. The molecule has 1 N–H and O–H groups in total. The Morgan fingerprint density at radius 2 is 2.50 bits per heavy atom. The van der Waals surface area contributed by atoms with E-state index in [0.29, 0.717) is 13.2 Å². The molecule has 1 aliphatic rings. The van der Waals surface area contributed by atoms with Crippen molar-refractivity contribution in [1.82, 2.24) is 10.2 Å². The fourth-order valence-electron chi connectivity index (χ4n) is 0.940. The molecule has 0 aromatic rings. The molecule has 1 aliphatic heterocycles. The summed E-state index contributed by atoms with van der Waals surface area (Å²) in [4.78, 5) is 12.6. The molecule has 0 spiro atoms. The molecular weight excluding hydrogens is 180 g/mol. The van der Waals surface area contributed by atoms with Gasteiger partial charge in [-0.3, -0.25) is 0 Å². The number of nitrogens with zero attached hydrogens (tertiary/aromatic N) is 1. The van der Waals surface area contributed by atoms with E-state index in [1.165, 1.54) is 0 Å². The second-order valence-corrected chi connectivity index (χ2v) is 2.28. The summed E-state index contributed by atoms with van der Waals surface area (Å²) in [5.74, 6) is 0. The van der Waals surface area contributed by atoms with Crippen molar-refractivity contribution < 1.29 is 9.53 Å². The van der Waals surface area contributed by atoms with Crippen LogP contribution in [-0.2, 0) is 4.74 Å². The average Bonchev–Trinajstić information content (AvgIpc) is 2.07. The van der Waals surface area contributed by atoms with Crippen LogP contribution in [0.5, 0.6) is 0 Å². The fraction of sp³-hybridized carbons (Fsp3) is 0.714. The van der Waals surface area contributed by atoms with E-state index in [9.17, 15) is 4.79 Å². The van der Waals surface area contributed by atoms with Gasteiger partial charge in [0.2, 0.25) is 0 Å². The molecule has 0 aromatic carbocycles. The Hall–Kier alpha value is -0.480. The maximum absolute atomic E-state index is 11.0. The summed E-state index contributed by atoms with van der Waals surface area (Å²) in [6.07, 6.45) is -0.242. The summed E-state index contributed by atoms with van der Waals surface area (Å²) in [5, 5.41) is 3.11. The van der Waals surface area contributed by atoms with Crippen LogP contribution in [0.15, 0.2) is 0 Å². The van der Waals surface area contributed by atoms with Gasteiger partial charge < -0.3 is 15.0 Å². The third kappa shape index (κ3) is 3.28. The summed E-state index contributed by atoms with van der Waals surface area (Å²) < 4.78 is 4.81. The summed E-state index contributed by atoms with van der Waals surface area (Å²) in [6.45, 7) is 6.35. The highest BCUT2D eigenvalue weighted by molar-refractivity contribution is 5.85. The molecule has 5 heteroatoms. The van der Waals surface area contributed by atoms with Gasteiger partial charge in [0.15, 0.2) is 0 Å². The number of piperazine rings is 1. The maximum atomic E-state index is 11.0. The minimum atomic E-state index is -0.242. The number of halogens is 1. The minimum absolute atomic E-state index is 0. The lowest BCUT2D eigenvalue weighted by Gasteiger charge is -2.25. The molecule has 4 nitrogen and oxygen atoms in total. The summed E-state index contributed by atoms with van der Waals surface area (Å²) in [5.41, 5.74) is 0. The highest BCUT2D eigenvalue weighted by Gasteiger charge is 2.16. The standard InChI is InChI=1S/C7H13N2O2.ClH/c1-2-11-7(10)9-5-3-8-4-6-9;/h5,8H,2-4,6H2,1H3;1H. The number of nitrogens with one attached hydrogen (secondary N) is 1. The van der Waals surface area contributed by atoms with Crippen LogP contribution in [0.25, 0.3) is 0 Å². The van der Waals surface area contributed by atoms with Gasteiger partial charge in [-0.2, -0.15) is 0 Å². The average molecular weight is 194 g/mol. The normalized spacial score (nSPS) is 16.6. The van der Waals surface area contributed by atoms with E-state index in [0.717, 1.165) is 13.1 Å². The maximum Gasteiger partial charge on any atom is 0.410 e. The molecule has 1 radical (unpaired) electrons. The van der Waals surface area contributed by atoms with Gasteiger partial charge in [0, 0.05) is 19.6 Å². The second kappa shape index (κ2) is 6.08. The van der Waals surface area contributed by atoms with Crippen molar-refractivity contribution in [3.05, 3.63) is 6.54 Å². The minimum Gasteiger partial charge on any atom is -0.450 e. The van der Waals surface area contributed by atoms with E-state index in [1.54, 1.807) is 11.8 Å². The Balaban J connectivity index is 0.00000121. The van der Waals surface area contributed by atoms with Gasteiger partial charge in [0.05, 0.1) is 13.2 Å². The largest absolute Gasteiger partial charge is 0.450 e. The number of carbonyl (C=O) groups is 1. The van der Waals surface area contributed by atoms with Crippen LogP contribution in [-0.4, -0.2) is 37.2 Å².